The third kappa shape index (κ3) is 4.91. The highest BCUT2D eigenvalue weighted by atomic mass is 16.5. The summed E-state index contributed by atoms with van der Waals surface area (Å²) in [7, 11) is 1.62. The van der Waals surface area contributed by atoms with Crippen LogP contribution in [0.5, 0.6) is 5.75 Å². The Hall–Kier alpha value is -2.86. The smallest absolute Gasteiger partial charge is 0.253 e. The molecule has 0 aliphatic carbocycles. The molecule has 176 valence electrons. The van der Waals surface area contributed by atoms with Crippen LogP contribution in [0, 0.1) is 5.92 Å². The van der Waals surface area contributed by atoms with E-state index in [1.165, 1.54) is 0 Å². The van der Waals surface area contributed by atoms with Crippen LogP contribution in [0.25, 0.3) is 0 Å². The van der Waals surface area contributed by atoms with Crippen LogP contribution < -0.4 is 10.1 Å². The summed E-state index contributed by atoms with van der Waals surface area (Å²) in [5.74, 6) is 1.39. The highest BCUT2D eigenvalue weighted by Gasteiger charge is 2.51. The number of hydrogen-bond acceptors (Lipinski definition) is 4. The van der Waals surface area contributed by atoms with Crippen molar-refractivity contribution >= 4 is 11.8 Å². The Morgan fingerprint density at radius 2 is 1.79 bits per heavy atom. The van der Waals surface area contributed by atoms with E-state index in [2.05, 4.69) is 36.2 Å². The summed E-state index contributed by atoms with van der Waals surface area (Å²) < 4.78 is 5.20. The molecule has 0 bridgehead atoms. The molecule has 2 aliphatic rings. The molecule has 6 heteroatoms. The number of methoxy groups -OCH3 is 1. The fraction of sp³-hybridized carbons (Fsp3) is 0.481. The Morgan fingerprint density at radius 1 is 1.12 bits per heavy atom. The van der Waals surface area contributed by atoms with Crippen LogP contribution in [0.2, 0.25) is 0 Å². The van der Waals surface area contributed by atoms with Crippen molar-refractivity contribution in [1.29, 1.82) is 0 Å². The maximum Gasteiger partial charge on any atom is 0.253 e. The molecule has 2 atom stereocenters. The van der Waals surface area contributed by atoms with Gasteiger partial charge >= 0.3 is 0 Å². The zero-order chi connectivity index (χ0) is 23.4. The minimum atomic E-state index is -0.378. The van der Waals surface area contributed by atoms with Crippen molar-refractivity contribution in [1.82, 2.24) is 15.1 Å². The topological polar surface area (TPSA) is 61.9 Å². The van der Waals surface area contributed by atoms with Crippen molar-refractivity contribution in [3.05, 3.63) is 65.7 Å². The summed E-state index contributed by atoms with van der Waals surface area (Å²) in [6.45, 7) is 6.37. The molecule has 2 fully saturated rings. The van der Waals surface area contributed by atoms with Gasteiger partial charge in [-0.05, 0) is 42.2 Å². The zero-order valence-corrected chi connectivity index (χ0v) is 19.9. The lowest BCUT2D eigenvalue weighted by Gasteiger charge is -2.45. The first-order valence-corrected chi connectivity index (χ1v) is 12.0. The first-order valence-electron chi connectivity index (χ1n) is 12.0. The van der Waals surface area contributed by atoms with Crippen LogP contribution in [0.15, 0.2) is 54.6 Å². The number of rotatable bonds is 7. The Balaban J connectivity index is 1.48. The van der Waals surface area contributed by atoms with E-state index in [-0.39, 0.29) is 23.5 Å². The van der Waals surface area contributed by atoms with Crippen molar-refractivity contribution in [3.63, 3.8) is 0 Å². The van der Waals surface area contributed by atoms with Crippen LogP contribution in [0.4, 0.5) is 0 Å². The van der Waals surface area contributed by atoms with E-state index in [0.29, 0.717) is 31.0 Å². The standard InChI is InChI=1S/C27H35N3O3/c1-4-20(2)19-30-26(32)24(18-21-8-6-5-7-9-21)28-27(30)14-16-29(17-15-27)25(31)22-10-12-23(33-3)13-11-22/h5-13,20,24,28H,4,14-19H2,1-3H3/t20-,24-/m1/s1. The van der Waals surface area contributed by atoms with Gasteiger partial charge in [-0.15, -0.1) is 0 Å². The molecule has 1 spiro atoms. The van der Waals surface area contributed by atoms with Gasteiger partial charge in [0.2, 0.25) is 5.91 Å². The summed E-state index contributed by atoms with van der Waals surface area (Å²) in [5, 5.41) is 3.72. The average Bonchev–Trinajstić information content (AvgIpc) is 3.09. The predicted molar refractivity (Wildman–Crippen MR) is 129 cm³/mol. The van der Waals surface area contributed by atoms with E-state index in [4.69, 9.17) is 4.74 Å². The first-order chi connectivity index (χ1) is 16.0. The van der Waals surface area contributed by atoms with Crippen molar-refractivity contribution in [2.45, 2.75) is 51.2 Å². The molecular weight excluding hydrogens is 414 g/mol. The van der Waals surface area contributed by atoms with Gasteiger partial charge in [0, 0.05) is 38.0 Å². The number of carbonyl (C=O) groups is 2. The number of carbonyl (C=O) groups excluding carboxylic acids is 2. The van der Waals surface area contributed by atoms with Gasteiger partial charge in [0.05, 0.1) is 18.8 Å². The number of ether oxygens (including phenoxy) is 1. The molecule has 0 radical (unpaired) electrons. The van der Waals surface area contributed by atoms with Gasteiger partial charge in [-0.2, -0.15) is 0 Å². The molecule has 2 aromatic carbocycles. The average molecular weight is 450 g/mol. The van der Waals surface area contributed by atoms with E-state index in [0.717, 1.165) is 37.1 Å². The number of piperidine rings is 1. The fourth-order valence-electron chi connectivity index (χ4n) is 4.97. The van der Waals surface area contributed by atoms with Crippen molar-refractivity contribution in [3.8, 4) is 5.75 Å². The third-order valence-corrected chi connectivity index (χ3v) is 7.21. The molecule has 0 unspecified atom stereocenters. The number of amides is 2. The summed E-state index contributed by atoms with van der Waals surface area (Å²) in [5.41, 5.74) is 1.45. The first kappa shape index (κ1) is 23.3. The second-order valence-electron chi connectivity index (χ2n) is 9.40. The Labute approximate surface area is 196 Å². The molecule has 2 saturated heterocycles. The minimum Gasteiger partial charge on any atom is -0.497 e. The predicted octanol–water partition coefficient (Wildman–Crippen LogP) is 3.72. The second kappa shape index (κ2) is 9.96. The van der Waals surface area contributed by atoms with Crippen LogP contribution >= 0.6 is 0 Å². The SMILES string of the molecule is CC[C@@H](C)CN1C(=O)[C@@H](Cc2ccccc2)NC12CCN(C(=O)c1ccc(OC)cc1)CC2. The number of nitrogens with one attached hydrogen (secondary N) is 1. The summed E-state index contributed by atoms with van der Waals surface area (Å²) >= 11 is 0. The van der Waals surface area contributed by atoms with Gasteiger partial charge in [0.25, 0.3) is 5.91 Å². The molecule has 1 N–H and O–H groups in total. The molecule has 4 rings (SSSR count). The normalized spacial score (nSPS) is 20.8. The Bertz CT molecular complexity index is 952. The maximum absolute atomic E-state index is 13.5. The van der Waals surface area contributed by atoms with Crippen LogP contribution in [-0.4, -0.2) is 60.1 Å². The summed E-state index contributed by atoms with van der Waals surface area (Å²) in [6, 6.07) is 17.2. The second-order valence-corrected chi connectivity index (χ2v) is 9.40. The van der Waals surface area contributed by atoms with Crippen molar-refractivity contribution in [2.24, 2.45) is 5.92 Å². The van der Waals surface area contributed by atoms with Gasteiger partial charge in [-0.25, -0.2) is 0 Å². The van der Waals surface area contributed by atoms with E-state index in [1.807, 2.05) is 47.4 Å². The van der Waals surface area contributed by atoms with Gasteiger partial charge in [-0.1, -0.05) is 50.6 Å². The lowest BCUT2D eigenvalue weighted by Crippen LogP contribution is -2.60. The van der Waals surface area contributed by atoms with Crippen molar-refractivity contribution in [2.75, 3.05) is 26.7 Å². The maximum atomic E-state index is 13.5. The minimum absolute atomic E-state index is 0.0335. The molecule has 2 heterocycles. The van der Waals surface area contributed by atoms with Crippen LogP contribution in [-0.2, 0) is 11.2 Å². The Morgan fingerprint density at radius 3 is 2.39 bits per heavy atom. The highest BCUT2D eigenvalue weighted by molar-refractivity contribution is 5.94. The number of benzene rings is 2. The van der Waals surface area contributed by atoms with E-state index in [9.17, 15) is 9.59 Å². The van der Waals surface area contributed by atoms with E-state index in [1.54, 1.807) is 7.11 Å². The summed E-state index contributed by atoms with van der Waals surface area (Å²) in [6.07, 6.45) is 3.20. The monoisotopic (exact) mass is 449 g/mol. The van der Waals surface area contributed by atoms with Crippen LogP contribution in [0.3, 0.4) is 0 Å². The number of likely N-dealkylation sites (tertiary alicyclic amines) is 1. The lowest BCUT2D eigenvalue weighted by molar-refractivity contribution is -0.134. The number of nitrogens with zero attached hydrogens (tertiary/aromatic N) is 2. The van der Waals surface area contributed by atoms with E-state index < -0.39 is 0 Å². The lowest BCUT2D eigenvalue weighted by atomic mass is 9.94. The van der Waals surface area contributed by atoms with Gasteiger partial charge in [-0.3, -0.25) is 14.9 Å². The molecule has 2 amide bonds. The molecule has 6 nitrogen and oxygen atoms in total. The van der Waals surface area contributed by atoms with Gasteiger partial charge < -0.3 is 14.5 Å². The molecule has 0 aromatic heterocycles. The Kier molecular flexibility index (Phi) is 7.03. The highest BCUT2D eigenvalue weighted by Crippen LogP contribution is 2.34. The van der Waals surface area contributed by atoms with Gasteiger partial charge in [0.1, 0.15) is 5.75 Å². The fourth-order valence-corrected chi connectivity index (χ4v) is 4.97. The zero-order valence-electron chi connectivity index (χ0n) is 19.9. The molecule has 33 heavy (non-hydrogen) atoms. The molecular formula is C27H35N3O3. The van der Waals surface area contributed by atoms with E-state index >= 15 is 0 Å². The molecule has 0 saturated carbocycles. The van der Waals surface area contributed by atoms with Crippen molar-refractivity contribution < 1.29 is 14.3 Å². The largest absolute Gasteiger partial charge is 0.497 e. The number of hydrogen-bond donors (Lipinski definition) is 1. The molecule has 2 aromatic rings. The van der Waals surface area contributed by atoms with Crippen LogP contribution in [0.1, 0.15) is 49.0 Å². The quantitative estimate of drug-likeness (QED) is 0.700. The molecule has 2 aliphatic heterocycles. The third-order valence-electron chi connectivity index (χ3n) is 7.21. The van der Waals surface area contributed by atoms with Gasteiger partial charge in [0.15, 0.2) is 0 Å². The summed E-state index contributed by atoms with van der Waals surface area (Å²) in [4.78, 5) is 30.6.